The van der Waals surface area contributed by atoms with Crippen LogP contribution in [0.25, 0.3) is 5.69 Å². The molecule has 0 radical (unpaired) electrons. The van der Waals surface area contributed by atoms with Gasteiger partial charge in [-0.3, -0.25) is 14.4 Å². The maximum atomic E-state index is 11.9. The molecule has 0 aliphatic carbocycles. The van der Waals surface area contributed by atoms with E-state index in [-0.39, 0.29) is 17.3 Å². The van der Waals surface area contributed by atoms with Crippen LogP contribution in [0.1, 0.15) is 5.56 Å². The number of nitrogens with two attached hydrogens (primary N) is 1. The van der Waals surface area contributed by atoms with Gasteiger partial charge in [0.2, 0.25) is 5.88 Å². The summed E-state index contributed by atoms with van der Waals surface area (Å²) in [5.74, 6) is -0.354. The van der Waals surface area contributed by atoms with Crippen molar-refractivity contribution in [3.8, 4) is 11.6 Å². The fourth-order valence-electron chi connectivity index (χ4n) is 1.77. The van der Waals surface area contributed by atoms with Crippen molar-refractivity contribution >= 4 is 22.0 Å². The van der Waals surface area contributed by atoms with Gasteiger partial charge in [0.1, 0.15) is 0 Å². The number of carbonyl (C=O) groups is 1. The maximum absolute atomic E-state index is 11.9. The lowest BCUT2D eigenvalue weighted by Gasteiger charge is -2.10. The number of H-pyrrole nitrogens is 1. The largest absolute Gasteiger partial charge is 0.512 e. The molecule has 0 aliphatic heterocycles. The van der Waals surface area contributed by atoms with Gasteiger partial charge in [-0.25, -0.2) is 9.48 Å². The first kappa shape index (κ1) is 15.6. The fraction of sp³-hybridized carbons (Fsp3) is 0.0909. The molecule has 0 saturated carbocycles. The Hall–Kier alpha value is -2.79. The topological polar surface area (TPSA) is 165 Å². The molecule has 0 atom stereocenters. The van der Waals surface area contributed by atoms with Gasteiger partial charge >= 0.3 is 6.16 Å². The molecule has 118 valence electrons. The Balaban J connectivity index is 2.67. The summed E-state index contributed by atoms with van der Waals surface area (Å²) in [5, 5.41) is 10.8. The van der Waals surface area contributed by atoms with E-state index in [0.29, 0.717) is 5.56 Å². The van der Waals surface area contributed by atoms with Gasteiger partial charge in [0.05, 0.1) is 16.6 Å². The highest BCUT2D eigenvalue weighted by atomic mass is 32.2. The number of aromatic amines is 1. The van der Waals surface area contributed by atoms with E-state index in [1.165, 1.54) is 6.92 Å². The lowest BCUT2D eigenvalue weighted by atomic mass is 10.1. The molecular weight excluding hydrogens is 318 g/mol. The standard InChI is InChI=1S/C11H11N3O7S/c1-5-7(12)2-6(22(18,19)20)3-8(5)14-10(15)4-9(13-14)21-11(16)17/h2-4,13H,12H2,1H3,(H,16,17)(H,18,19,20). The highest BCUT2D eigenvalue weighted by molar-refractivity contribution is 7.85. The number of rotatable bonds is 3. The monoisotopic (exact) mass is 329 g/mol. The van der Waals surface area contributed by atoms with Crippen molar-refractivity contribution in [1.29, 1.82) is 0 Å². The van der Waals surface area contributed by atoms with Crippen molar-refractivity contribution in [3.63, 3.8) is 0 Å². The van der Waals surface area contributed by atoms with E-state index >= 15 is 0 Å². The Kier molecular flexibility index (Phi) is 3.69. The van der Waals surface area contributed by atoms with Gasteiger partial charge in [0.15, 0.2) is 0 Å². The SMILES string of the molecule is Cc1c(N)cc(S(=O)(=O)O)cc1-n1[nH]c(OC(=O)O)cc1=O. The van der Waals surface area contributed by atoms with Crippen molar-refractivity contribution in [3.05, 3.63) is 34.1 Å². The summed E-state index contributed by atoms with van der Waals surface area (Å²) in [4.78, 5) is 21.8. The summed E-state index contributed by atoms with van der Waals surface area (Å²) in [6.45, 7) is 1.52. The van der Waals surface area contributed by atoms with Crippen molar-refractivity contribution in [2.75, 3.05) is 5.73 Å². The molecule has 2 rings (SSSR count). The summed E-state index contributed by atoms with van der Waals surface area (Å²) in [7, 11) is -4.53. The van der Waals surface area contributed by atoms with Crippen LogP contribution in [0.3, 0.4) is 0 Å². The predicted molar refractivity (Wildman–Crippen MR) is 74.0 cm³/mol. The van der Waals surface area contributed by atoms with Crippen molar-refractivity contribution < 1.29 is 27.6 Å². The summed E-state index contributed by atoms with van der Waals surface area (Å²) in [6, 6.07) is 2.92. The average molecular weight is 329 g/mol. The number of ether oxygens (including phenoxy) is 1. The predicted octanol–water partition coefficient (Wildman–Crippen LogP) is 0.360. The van der Waals surface area contributed by atoms with Crippen LogP contribution in [0.4, 0.5) is 10.5 Å². The molecule has 0 saturated heterocycles. The third kappa shape index (κ3) is 2.94. The van der Waals surface area contributed by atoms with Crippen LogP contribution in [-0.4, -0.2) is 34.0 Å². The average Bonchev–Trinajstić information content (AvgIpc) is 2.71. The quantitative estimate of drug-likeness (QED) is 0.356. The highest BCUT2D eigenvalue weighted by Crippen LogP contribution is 2.24. The zero-order valence-electron chi connectivity index (χ0n) is 11.1. The molecule has 0 spiro atoms. The normalized spacial score (nSPS) is 11.4. The first-order chi connectivity index (χ1) is 10.1. The van der Waals surface area contributed by atoms with E-state index in [1.54, 1.807) is 0 Å². The van der Waals surface area contributed by atoms with Crippen molar-refractivity contribution in [2.24, 2.45) is 0 Å². The number of nitrogens with one attached hydrogen (secondary N) is 1. The molecule has 1 aromatic carbocycles. The lowest BCUT2D eigenvalue weighted by Crippen LogP contribution is -2.16. The van der Waals surface area contributed by atoms with Crippen LogP contribution in [-0.2, 0) is 10.1 Å². The summed E-state index contributed by atoms with van der Waals surface area (Å²) in [5.41, 5.74) is 5.35. The molecule has 1 aromatic heterocycles. The molecule has 1 heterocycles. The lowest BCUT2D eigenvalue weighted by molar-refractivity contribution is 0.142. The number of anilines is 1. The Morgan fingerprint density at radius 1 is 1.36 bits per heavy atom. The number of hydrogen-bond donors (Lipinski definition) is 4. The fourth-order valence-corrected chi connectivity index (χ4v) is 2.31. The second-order valence-corrected chi connectivity index (χ2v) is 5.72. The highest BCUT2D eigenvalue weighted by Gasteiger charge is 2.17. The Labute approximate surface area is 123 Å². The maximum Gasteiger partial charge on any atom is 0.512 e. The minimum atomic E-state index is -4.53. The Morgan fingerprint density at radius 3 is 2.55 bits per heavy atom. The Morgan fingerprint density at radius 2 is 2.00 bits per heavy atom. The number of nitrogens with zero attached hydrogens (tertiary/aromatic N) is 1. The van der Waals surface area contributed by atoms with Crippen LogP contribution in [0.15, 0.2) is 27.9 Å². The van der Waals surface area contributed by atoms with Gasteiger partial charge in [0, 0.05) is 5.69 Å². The van der Waals surface area contributed by atoms with Gasteiger partial charge in [-0.2, -0.15) is 8.42 Å². The van der Waals surface area contributed by atoms with Crippen molar-refractivity contribution in [2.45, 2.75) is 11.8 Å². The smallest absolute Gasteiger partial charge is 0.449 e. The zero-order chi connectivity index (χ0) is 16.7. The van der Waals surface area contributed by atoms with Gasteiger partial charge in [-0.1, -0.05) is 0 Å². The van der Waals surface area contributed by atoms with Gasteiger partial charge in [-0.15, -0.1) is 0 Å². The number of benzene rings is 1. The van der Waals surface area contributed by atoms with E-state index in [9.17, 15) is 18.0 Å². The van der Waals surface area contributed by atoms with Gasteiger partial charge in [0.25, 0.3) is 15.7 Å². The third-order valence-electron chi connectivity index (χ3n) is 2.83. The van der Waals surface area contributed by atoms with Crippen molar-refractivity contribution in [1.82, 2.24) is 9.78 Å². The molecule has 2 aromatic rings. The van der Waals surface area contributed by atoms with Crippen LogP contribution in [0.2, 0.25) is 0 Å². The molecule has 0 bridgehead atoms. The minimum Gasteiger partial charge on any atom is -0.449 e. The van der Waals surface area contributed by atoms with Crippen LogP contribution < -0.4 is 16.0 Å². The molecule has 5 N–H and O–H groups in total. The van der Waals surface area contributed by atoms with E-state index in [4.69, 9.17) is 15.4 Å². The van der Waals surface area contributed by atoms with E-state index in [0.717, 1.165) is 22.9 Å². The summed E-state index contributed by atoms with van der Waals surface area (Å²) in [6.07, 6.45) is -1.63. The van der Waals surface area contributed by atoms with Crippen LogP contribution in [0, 0.1) is 6.92 Å². The molecular formula is C11H11N3O7S. The zero-order valence-corrected chi connectivity index (χ0v) is 11.9. The van der Waals surface area contributed by atoms with Gasteiger partial charge < -0.3 is 15.6 Å². The van der Waals surface area contributed by atoms with Gasteiger partial charge in [-0.05, 0) is 24.6 Å². The first-order valence-electron chi connectivity index (χ1n) is 5.70. The third-order valence-corrected chi connectivity index (χ3v) is 3.66. The first-order valence-corrected chi connectivity index (χ1v) is 7.14. The molecule has 0 fully saturated rings. The molecule has 11 heteroatoms. The summed E-state index contributed by atoms with van der Waals surface area (Å²) < 4.78 is 36.7. The number of nitrogen functional groups attached to an aromatic ring is 1. The second kappa shape index (κ2) is 5.20. The molecule has 22 heavy (non-hydrogen) atoms. The number of hydrogen-bond acceptors (Lipinski definition) is 6. The Bertz CT molecular complexity index is 910. The molecule has 0 unspecified atom stereocenters. The van der Waals surface area contributed by atoms with Crippen LogP contribution in [0.5, 0.6) is 5.88 Å². The molecule has 0 aliphatic rings. The number of carboxylic acid groups (broad SMARTS) is 1. The number of aromatic nitrogens is 2. The second-order valence-electron chi connectivity index (χ2n) is 4.29. The molecule has 10 nitrogen and oxygen atoms in total. The molecule has 0 amide bonds. The van der Waals surface area contributed by atoms with Crippen LogP contribution >= 0.6 is 0 Å². The van der Waals surface area contributed by atoms with E-state index in [1.807, 2.05) is 0 Å². The minimum absolute atomic E-state index is 0.0207. The summed E-state index contributed by atoms with van der Waals surface area (Å²) >= 11 is 0. The van der Waals surface area contributed by atoms with E-state index < -0.39 is 26.7 Å². The van der Waals surface area contributed by atoms with E-state index in [2.05, 4.69) is 9.84 Å².